The summed E-state index contributed by atoms with van der Waals surface area (Å²) in [5, 5.41) is 0.161. The van der Waals surface area contributed by atoms with E-state index >= 15 is 0 Å². The van der Waals surface area contributed by atoms with E-state index in [1.54, 1.807) is 19.2 Å². The zero-order chi connectivity index (χ0) is 23.3. The predicted molar refractivity (Wildman–Crippen MR) is 128 cm³/mol. The molecule has 0 bridgehead atoms. The van der Waals surface area contributed by atoms with Gasteiger partial charge in [0.1, 0.15) is 10.1 Å². The number of thioether (sulfide) groups is 1. The summed E-state index contributed by atoms with van der Waals surface area (Å²) in [6.07, 6.45) is 6.52. The van der Waals surface area contributed by atoms with Gasteiger partial charge in [-0.05, 0) is 30.5 Å². The molecule has 33 heavy (non-hydrogen) atoms. The van der Waals surface area contributed by atoms with E-state index in [0.29, 0.717) is 31.3 Å². The first-order valence-electron chi connectivity index (χ1n) is 11.5. The zero-order valence-electron chi connectivity index (χ0n) is 18.9. The van der Waals surface area contributed by atoms with Crippen molar-refractivity contribution in [1.82, 2.24) is 14.2 Å². The first kappa shape index (κ1) is 24.2. The van der Waals surface area contributed by atoms with Crippen molar-refractivity contribution in [3.8, 4) is 0 Å². The van der Waals surface area contributed by atoms with Crippen LogP contribution in [0.4, 0.5) is 0 Å². The summed E-state index contributed by atoms with van der Waals surface area (Å²) in [4.78, 5) is 19.8. The Labute approximate surface area is 200 Å². The van der Waals surface area contributed by atoms with Crippen LogP contribution in [0, 0.1) is 0 Å². The highest BCUT2D eigenvalue weighted by atomic mass is 32.2. The van der Waals surface area contributed by atoms with E-state index in [-0.39, 0.29) is 16.8 Å². The molecule has 1 aromatic carbocycles. The number of carbonyl (C=O) groups is 1. The lowest BCUT2D eigenvalue weighted by molar-refractivity contribution is -0.134. The number of ether oxygens (including phenoxy) is 1. The second-order valence-corrected chi connectivity index (χ2v) is 11.6. The Morgan fingerprint density at radius 2 is 1.79 bits per heavy atom. The molecular weight excluding hydrogens is 458 g/mol. The zero-order valence-corrected chi connectivity index (χ0v) is 20.6. The van der Waals surface area contributed by atoms with Crippen LogP contribution in [0.15, 0.2) is 58.6 Å². The van der Waals surface area contributed by atoms with Crippen LogP contribution in [-0.2, 0) is 19.6 Å². The van der Waals surface area contributed by atoms with E-state index in [0.717, 1.165) is 31.2 Å². The Balaban J connectivity index is 1.52. The predicted octanol–water partition coefficient (Wildman–Crippen LogP) is 3.73. The Hall–Kier alpha value is -1.94. The number of benzene rings is 1. The number of pyridine rings is 1. The van der Waals surface area contributed by atoms with E-state index in [1.807, 2.05) is 35.2 Å². The summed E-state index contributed by atoms with van der Waals surface area (Å²) in [5.74, 6) is 0.0185. The molecule has 2 aromatic rings. The first-order valence-corrected chi connectivity index (χ1v) is 13.8. The summed E-state index contributed by atoms with van der Waals surface area (Å²) >= 11 is 1.35. The number of sulfonamides is 1. The minimum absolute atomic E-state index is 0.0185. The van der Waals surface area contributed by atoms with Gasteiger partial charge in [-0.1, -0.05) is 61.4 Å². The highest BCUT2D eigenvalue weighted by molar-refractivity contribution is 8.00. The molecule has 4 rings (SSSR count). The average Bonchev–Trinajstić information content (AvgIpc) is 2.88. The molecule has 0 spiro atoms. The fourth-order valence-corrected chi connectivity index (χ4v) is 6.76. The second-order valence-electron chi connectivity index (χ2n) is 8.49. The molecular formula is C24H31N3O4S2. The maximum atomic E-state index is 13.3. The topological polar surface area (TPSA) is 79.8 Å². The summed E-state index contributed by atoms with van der Waals surface area (Å²) in [6, 6.07) is 13.0. The van der Waals surface area contributed by atoms with E-state index in [9.17, 15) is 13.2 Å². The highest BCUT2D eigenvalue weighted by Crippen LogP contribution is 2.36. The lowest BCUT2D eigenvalue weighted by Gasteiger charge is -2.30. The van der Waals surface area contributed by atoms with Gasteiger partial charge in [0.25, 0.3) is 0 Å². The Morgan fingerprint density at radius 3 is 2.42 bits per heavy atom. The average molecular weight is 490 g/mol. The van der Waals surface area contributed by atoms with Crippen molar-refractivity contribution in [2.24, 2.45) is 0 Å². The van der Waals surface area contributed by atoms with Gasteiger partial charge in [-0.2, -0.15) is 4.31 Å². The smallest absolute Gasteiger partial charge is 0.244 e. The molecule has 7 nitrogen and oxygen atoms in total. The van der Waals surface area contributed by atoms with Crippen LogP contribution >= 0.6 is 11.8 Å². The molecule has 1 atom stereocenters. The Kier molecular flexibility index (Phi) is 8.06. The molecule has 1 aliphatic carbocycles. The normalized spacial score (nSPS) is 18.9. The van der Waals surface area contributed by atoms with Gasteiger partial charge in [-0.3, -0.25) is 4.79 Å². The molecule has 1 saturated carbocycles. The Bertz CT molecular complexity index is 1020. The van der Waals surface area contributed by atoms with E-state index in [1.165, 1.54) is 28.7 Å². The van der Waals surface area contributed by atoms with Crippen molar-refractivity contribution in [3.05, 3.63) is 54.2 Å². The maximum absolute atomic E-state index is 13.3. The number of nitrogens with zero attached hydrogens (tertiary/aromatic N) is 3. The lowest BCUT2D eigenvalue weighted by Crippen LogP contribution is -2.42. The lowest BCUT2D eigenvalue weighted by atomic mass is 9.96. The number of amides is 1. The quantitative estimate of drug-likeness (QED) is 0.552. The van der Waals surface area contributed by atoms with Crippen LogP contribution < -0.4 is 0 Å². The van der Waals surface area contributed by atoms with Gasteiger partial charge in [0.15, 0.2) is 0 Å². The molecule has 178 valence electrons. The molecule has 0 N–H and O–H groups in total. The largest absolute Gasteiger partial charge is 0.378 e. The number of hydrogen-bond acceptors (Lipinski definition) is 6. The summed E-state index contributed by atoms with van der Waals surface area (Å²) < 4.78 is 33.1. The third kappa shape index (κ3) is 5.77. The number of hydrogen-bond donors (Lipinski definition) is 0. The van der Waals surface area contributed by atoms with Gasteiger partial charge in [0.05, 0.1) is 18.2 Å². The molecule has 1 amide bonds. The summed E-state index contributed by atoms with van der Waals surface area (Å²) in [5.41, 5.74) is 0.898. The van der Waals surface area contributed by atoms with Crippen LogP contribution in [0.25, 0.3) is 0 Å². The van der Waals surface area contributed by atoms with Crippen molar-refractivity contribution in [3.63, 3.8) is 0 Å². The molecule has 0 radical (unpaired) electrons. The monoisotopic (exact) mass is 489 g/mol. The van der Waals surface area contributed by atoms with Crippen molar-refractivity contribution < 1.29 is 17.9 Å². The third-order valence-electron chi connectivity index (χ3n) is 6.36. The van der Waals surface area contributed by atoms with Crippen molar-refractivity contribution in [2.75, 3.05) is 33.4 Å². The summed E-state index contributed by atoms with van der Waals surface area (Å²) in [7, 11) is -1.93. The van der Waals surface area contributed by atoms with Crippen LogP contribution in [0.5, 0.6) is 0 Å². The minimum atomic E-state index is -3.60. The molecule has 1 saturated heterocycles. The van der Waals surface area contributed by atoms with Gasteiger partial charge < -0.3 is 9.64 Å². The molecule has 1 aliphatic heterocycles. The molecule has 1 unspecified atom stereocenters. The van der Waals surface area contributed by atoms with Crippen LogP contribution in [0.1, 0.15) is 42.9 Å². The number of morpholine rings is 1. The van der Waals surface area contributed by atoms with Gasteiger partial charge in [0, 0.05) is 32.4 Å². The number of aromatic nitrogens is 1. The molecule has 2 aliphatic rings. The molecule has 9 heteroatoms. The molecule has 2 fully saturated rings. The van der Waals surface area contributed by atoms with Crippen LogP contribution in [-0.4, -0.2) is 67.9 Å². The number of carbonyl (C=O) groups excluding carboxylic acids is 1. The highest BCUT2D eigenvalue weighted by Gasteiger charge is 2.31. The fourth-order valence-electron chi connectivity index (χ4n) is 4.36. The van der Waals surface area contributed by atoms with Crippen molar-refractivity contribution in [2.45, 2.75) is 53.3 Å². The summed E-state index contributed by atoms with van der Waals surface area (Å²) in [6.45, 7) is 2.22. The molecule has 1 aromatic heterocycles. The van der Waals surface area contributed by atoms with Crippen LogP contribution in [0.3, 0.4) is 0 Å². The van der Waals surface area contributed by atoms with E-state index in [4.69, 9.17) is 4.74 Å². The third-order valence-corrected chi connectivity index (χ3v) is 9.45. The van der Waals surface area contributed by atoms with Crippen molar-refractivity contribution in [1.29, 1.82) is 0 Å². The van der Waals surface area contributed by atoms with Crippen LogP contribution in [0.2, 0.25) is 0 Å². The minimum Gasteiger partial charge on any atom is -0.378 e. The van der Waals surface area contributed by atoms with Gasteiger partial charge in [0.2, 0.25) is 15.9 Å². The van der Waals surface area contributed by atoms with Crippen molar-refractivity contribution >= 4 is 27.7 Å². The maximum Gasteiger partial charge on any atom is 0.244 e. The van der Waals surface area contributed by atoms with E-state index < -0.39 is 15.3 Å². The SMILES string of the molecule is CN(C1CCCCC1)S(=O)(=O)c1ccc(SC(C(=O)N2CCOCC2)c2ccccc2)nc1. The van der Waals surface area contributed by atoms with Gasteiger partial charge in [-0.15, -0.1) is 0 Å². The first-order chi connectivity index (χ1) is 16.0. The number of rotatable bonds is 7. The van der Waals surface area contributed by atoms with Gasteiger partial charge in [-0.25, -0.2) is 13.4 Å². The van der Waals surface area contributed by atoms with Gasteiger partial charge >= 0.3 is 0 Å². The molecule has 2 heterocycles. The Morgan fingerprint density at radius 1 is 1.09 bits per heavy atom. The standard InChI is InChI=1S/C24H31N3O4S2/c1-26(20-10-6-3-7-11-20)33(29,30)21-12-13-22(25-18-21)32-23(19-8-4-2-5-9-19)24(28)27-14-16-31-17-15-27/h2,4-5,8-9,12-13,18,20,23H,3,6-7,10-11,14-17H2,1H3. The van der Waals surface area contributed by atoms with E-state index in [2.05, 4.69) is 4.98 Å². The second kappa shape index (κ2) is 11.0. The fraction of sp³-hybridized carbons (Fsp3) is 0.500.